The van der Waals surface area contributed by atoms with Crippen LogP contribution < -0.4 is 10.6 Å². The number of fused-ring (bicyclic) bond motifs is 1. The van der Waals surface area contributed by atoms with Crippen molar-refractivity contribution in [2.45, 2.75) is 18.9 Å². The van der Waals surface area contributed by atoms with E-state index in [0.29, 0.717) is 17.1 Å². The summed E-state index contributed by atoms with van der Waals surface area (Å²) in [5.41, 5.74) is 5.37. The lowest BCUT2D eigenvalue weighted by atomic mass is 10.1. The number of aryl methyl sites for hydroxylation is 1. The summed E-state index contributed by atoms with van der Waals surface area (Å²) in [6, 6.07) is 15.8. The molecule has 152 valence electrons. The molecular weight excluding hydrogens is 388 g/mol. The van der Waals surface area contributed by atoms with Gasteiger partial charge in [-0.3, -0.25) is 14.8 Å². The van der Waals surface area contributed by atoms with E-state index in [4.69, 9.17) is 0 Å². The molecule has 0 spiro atoms. The van der Waals surface area contributed by atoms with E-state index < -0.39 is 0 Å². The second-order valence-electron chi connectivity index (χ2n) is 7.34. The Hall–Kier alpha value is -4.13. The van der Waals surface area contributed by atoms with Crippen molar-refractivity contribution in [1.82, 2.24) is 19.9 Å². The molecule has 1 aliphatic rings. The summed E-state index contributed by atoms with van der Waals surface area (Å²) in [6.45, 7) is 0. The van der Waals surface area contributed by atoms with Crippen LogP contribution in [0, 0.1) is 0 Å². The molecule has 31 heavy (non-hydrogen) atoms. The summed E-state index contributed by atoms with van der Waals surface area (Å²) in [5.74, 6) is 0.386. The molecule has 0 fully saturated rings. The molecule has 0 saturated carbocycles. The molecule has 0 bridgehead atoms. The van der Waals surface area contributed by atoms with E-state index in [1.54, 1.807) is 36.9 Å². The van der Waals surface area contributed by atoms with E-state index in [2.05, 4.69) is 48.8 Å². The van der Waals surface area contributed by atoms with Crippen molar-refractivity contribution in [3.8, 4) is 11.3 Å². The monoisotopic (exact) mass is 408 g/mol. The van der Waals surface area contributed by atoms with Crippen molar-refractivity contribution >= 4 is 17.4 Å². The minimum atomic E-state index is -0.227. The van der Waals surface area contributed by atoms with Crippen molar-refractivity contribution < 1.29 is 4.79 Å². The molecule has 2 heterocycles. The summed E-state index contributed by atoms with van der Waals surface area (Å²) >= 11 is 0. The molecule has 1 aliphatic carbocycles. The number of carbonyl (C=O) groups excluding carboxylic acids is 1. The molecule has 1 unspecified atom stereocenters. The van der Waals surface area contributed by atoms with Crippen LogP contribution in [0.25, 0.3) is 11.3 Å². The van der Waals surface area contributed by atoms with Gasteiger partial charge in [0.2, 0.25) is 0 Å². The number of aromatic nitrogens is 4. The second-order valence-corrected chi connectivity index (χ2v) is 7.34. The lowest BCUT2D eigenvalue weighted by Gasteiger charge is -2.17. The molecule has 4 aromatic rings. The first-order valence-corrected chi connectivity index (χ1v) is 10.1. The van der Waals surface area contributed by atoms with Gasteiger partial charge < -0.3 is 10.6 Å². The fourth-order valence-electron chi connectivity index (χ4n) is 3.84. The van der Waals surface area contributed by atoms with Crippen LogP contribution in [-0.4, -0.2) is 25.8 Å². The Morgan fingerprint density at radius 2 is 1.81 bits per heavy atom. The predicted molar refractivity (Wildman–Crippen MR) is 119 cm³/mol. The molecular formula is C24H20N6O. The van der Waals surface area contributed by atoms with Crippen molar-refractivity contribution in [2.75, 3.05) is 10.6 Å². The van der Waals surface area contributed by atoms with Gasteiger partial charge in [0.15, 0.2) is 5.82 Å². The molecule has 1 amide bonds. The largest absolute Gasteiger partial charge is 0.361 e. The van der Waals surface area contributed by atoms with Gasteiger partial charge in [0.1, 0.15) is 12.0 Å². The number of nitrogens with zero attached hydrogens (tertiary/aromatic N) is 4. The number of rotatable bonds is 5. The van der Waals surface area contributed by atoms with E-state index in [-0.39, 0.29) is 11.9 Å². The predicted octanol–water partition coefficient (Wildman–Crippen LogP) is 4.29. The Morgan fingerprint density at radius 3 is 2.65 bits per heavy atom. The van der Waals surface area contributed by atoms with Gasteiger partial charge in [-0.1, -0.05) is 36.4 Å². The average Bonchev–Trinajstić information content (AvgIpc) is 3.24. The molecule has 2 aromatic carbocycles. The second kappa shape index (κ2) is 8.31. The van der Waals surface area contributed by atoms with Crippen LogP contribution in [0.4, 0.5) is 11.5 Å². The van der Waals surface area contributed by atoms with Gasteiger partial charge in [0.25, 0.3) is 5.91 Å². The first-order valence-electron chi connectivity index (χ1n) is 10.1. The van der Waals surface area contributed by atoms with Crippen LogP contribution in [0.5, 0.6) is 0 Å². The number of amides is 1. The lowest BCUT2D eigenvalue weighted by Crippen LogP contribution is -2.16. The van der Waals surface area contributed by atoms with E-state index in [0.717, 1.165) is 24.1 Å². The number of anilines is 2. The highest BCUT2D eigenvalue weighted by Crippen LogP contribution is 2.34. The minimum absolute atomic E-state index is 0.160. The van der Waals surface area contributed by atoms with Gasteiger partial charge in [0.05, 0.1) is 24.1 Å². The molecule has 0 radical (unpaired) electrons. The maximum Gasteiger partial charge on any atom is 0.255 e. The highest BCUT2D eigenvalue weighted by Gasteiger charge is 2.23. The van der Waals surface area contributed by atoms with Gasteiger partial charge in [-0.05, 0) is 36.1 Å². The fraction of sp³-hybridized carbons (Fsp3) is 0.125. The smallest absolute Gasteiger partial charge is 0.255 e. The Bertz CT molecular complexity index is 1210. The van der Waals surface area contributed by atoms with E-state index >= 15 is 0 Å². The van der Waals surface area contributed by atoms with Crippen LogP contribution in [0.3, 0.4) is 0 Å². The normalized spacial score (nSPS) is 14.6. The zero-order chi connectivity index (χ0) is 21.0. The zero-order valence-corrected chi connectivity index (χ0v) is 16.7. The number of carbonyl (C=O) groups is 1. The number of nitrogens with one attached hydrogen (secondary N) is 2. The third-order valence-electron chi connectivity index (χ3n) is 5.41. The fourth-order valence-corrected chi connectivity index (χ4v) is 3.84. The SMILES string of the molecule is O=C(Nc1cncnc1NC1CCc2ccccc21)c1ccc(-c2cnccn2)cc1. The first-order chi connectivity index (χ1) is 15.3. The average molecular weight is 408 g/mol. The molecule has 2 N–H and O–H groups in total. The van der Waals surface area contributed by atoms with Gasteiger partial charge in [0, 0.05) is 23.5 Å². The van der Waals surface area contributed by atoms with Crippen LogP contribution in [-0.2, 0) is 6.42 Å². The Balaban J connectivity index is 1.32. The zero-order valence-electron chi connectivity index (χ0n) is 16.7. The van der Waals surface area contributed by atoms with Crippen LogP contribution in [0.1, 0.15) is 33.9 Å². The molecule has 5 rings (SSSR count). The summed E-state index contributed by atoms with van der Waals surface area (Å²) in [5, 5.41) is 6.40. The van der Waals surface area contributed by atoms with E-state index in [9.17, 15) is 4.79 Å². The van der Waals surface area contributed by atoms with Crippen LogP contribution in [0.2, 0.25) is 0 Å². The van der Waals surface area contributed by atoms with Gasteiger partial charge in [-0.15, -0.1) is 0 Å². The van der Waals surface area contributed by atoms with Gasteiger partial charge in [-0.2, -0.15) is 0 Å². The third kappa shape index (κ3) is 3.98. The lowest BCUT2D eigenvalue weighted by molar-refractivity contribution is 0.102. The molecule has 1 atom stereocenters. The maximum atomic E-state index is 12.8. The van der Waals surface area contributed by atoms with E-state index in [1.807, 2.05) is 18.2 Å². The summed E-state index contributed by atoms with van der Waals surface area (Å²) in [7, 11) is 0. The standard InChI is InChI=1S/C24H20N6O/c31-24(18-7-5-17(6-8-18)21-13-25-11-12-27-21)30-22-14-26-15-28-23(22)29-20-10-9-16-3-1-2-4-19(16)20/h1-8,11-15,20H,9-10H2,(H,30,31)(H,26,28,29). The quantitative estimate of drug-likeness (QED) is 0.512. The van der Waals surface area contributed by atoms with E-state index in [1.165, 1.54) is 17.5 Å². The Labute approximate surface area is 179 Å². The topological polar surface area (TPSA) is 92.7 Å². The van der Waals surface area contributed by atoms with Crippen molar-refractivity contribution in [3.05, 3.63) is 96.3 Å². The number of hydrogen-bond donors (Lipinski definition) is 2. The minimum Gasteiger partial charge on any atom is -0.361 e. The Kier molecular flexibility index (Phi) is 5.06. The summed E-state index contributed by atoms with van der Waals surface area (Å²) in [6.07, 6.45) is 10.1. The number of hydrogen-bond acceptors (Lipinski definition) is 6. The summed E-state index contributed by atoms with van der Waals surface area (Å²) in [4.78, 5) is 29.6. The van der Waals surface area contributed by atoms with Crippen LogP contribution in [0.15, 0.2) is 79.6 Å². The molecule has 7 heteroatoms. The third-order valence-corrected chi connectivity index (χ3v) is 5.41. The van der Waals surface area contributed by atoms with Crippen molar-refractivity contribution in [1.29, 1.82) is 0 Å². The highest BCUT2D eigenvalue weighted by atomic mass is 16.1. The van der Waals surface area contributed by atoms with Gasteiger partial charge in [-0.25, -0.2) is 9.97 Å². The maximum absolute atomic E-state index is 12.8. The summed E-state index contributed by atoms with van der Waals surface area (Å²) < 4.78 is 0. The van der Waals surface area contributed by atoms with Crippen molar-refractivity contribution in [3.63, 3.8) is 0 Å². The Morgan fingerprint density at radius 1 is 0.935 bits per heavy atom. The molecule has 2 aromatic heterocycles. The molecule has 7 nitrogen and oxygen atoms in total. The first kappa shape index (κ1) is 18.9. The van der Waals surface area contributed by atoms with Crippen LogP contribution >= 0.6 is 0 Å². The molecule has 0 saturated heterocycles. The van der Waals surface area contributed by atoms with Gasteiger partial charge >= 0.3 is 0 Å². The number of benzene rings is 2. The molecule has 0 aliphatic heterocycles. The van der Waals surface area contributed by atoms with Crippen molar-refractivity contribution in [2.24, 2.45) is 0 Å². The highest BCUT2D eigenvalue weighted by molar-refractivity contribution is 6.05.